The normalized spacial score (nSPS) is 10.8. The molecule has 0 radical (unpaired) electrons. The number of hydrogen-bond acceptors (Lipinski definition) is 8. The summed E-state index contributed by atoms with van der Waals surface area (Å²) in [6.07, 6.45) is 1.19. The van der Waals surface area contributed by atoms with Crippen LogP contribution in [-0.2, 0) is 6.61 Å². The van der Waals surface area contributed by atoms with Gasteiger partial charge in [0.15, 0.2) is 12.4 Å². The largest absolute Gasteiger partial charge is 0.486 e. The standard InChI is InChI=1S/C27H23N5O6/c1-18-3-4-19(2)31(18)21-5-8-23(9-6-21)37-17-24-10-12-26(38-24)27(33)30-29-16-20-15-22(32(34)35)7-11-25(20)36-14-13-28/h3-12,15-16H,14,17H2,1-2H3,(H,30,33)/b29-16+. The van der Waals surface area contributed by atoms with Crippen LogP contribution in [0.2, 0.25) is 0 Å². The van der Waals surface area contributed by atoms with Crippen molar-refractivity contribution in [2.75, 3.05) is 6.61 Å². The summed E-state index contributed by atoms with van der Waals surface area (Å²) in [4.78, 5) is 22.9. The van der Waals surface area contributed by atoms with E-state index in [-0.39, 0.29) is 36.0 Å². The lowest BCUT2D eigenvalue weighted by Crippen LogP contribution is -2.17. The van der Waals surface area contributed by atoms with Crippen molar-refractivity contribution in [3.8, 4) is 23.3 Å². The number of carbonyl (C=O) groups is 1. The third kappa shape index (κ3) is 6.06. The minimum Gasteiger partial charge on any atom is -0.486 e. The fourth-order valence-electron chi connectivity index (χ4n) is 3.71. The Balaban J connectivity index is 1.35. The Bertz CT molecular complexity index is 1510. The fraction of sp³-hybridized carbons (Fsp3) is 0.148. The number of hydrazone groups is 1. The summed E-state index contributed by atoms with van der Waals surface area (Å²) in [5.41, 5.74) is 5.63. The minimum atomic E-state index is -0.626. The van der Waals surface area contributed by atoms with Gasteiger partial charge in [0, 0.05) is 34.8 Å². The van der Waals surface area contributed by atoms with E-state index in [4.69, 9.17) is 19.2 Å². The maximum Gasteiger partial charge on any atom is 0.307 e. The number of aromatic nitrogens is 1. The SMILES string of the molecule is Cc1ccc(C)n1-c1ccc(OCc2ccc(C(=O)N/N=C/c3cc([N+](=O)[O-])ccc3OCC#N)o2)cc1. The molecule has 0 aliphatic rings. The van der Waals surface area contributed by atoms with Gasteiger partial charge in [-0.2, -0.15) is 10.4 Å². The summed E-state index contributed by atoms with van der Waals surface area (Å²) in [7, 11) is 0. The molecule has 0 bridgehead atoms. The van der Waals surface area contributed by atoms with E-state index in [1.54, 1.807) is 6.07 Å². The number of nitro groups is 1. The van der Waals surface area contributed by atoms with Crippen LogP contribution in [0.4, 0.5) is 5.69 Å². The number of hydrogen-bond donors (Lipinski definition) is 1. The van der Waals surface area contributed by atoms with Gasteiger partial charge in [0.1, 0.15) is 29.9 Å². The van der Waals surface area contributed by atoms with Crippen LogP contribution in [0.15, 0.2) is 76.2 Å². The molecule has 0 unspecified atom stereocenters. The monoisotopic (exact) mass is 513 g/mol. The first kappa shape index (κ1) is 25.7. The molecule has 192 valence electrons. The molecular formula is C27H23N5O6. The summed E-state index contributed by atoms with van der Waals surface area (Å²) in [5, 5.41) is 23.6. The number of nitrogens with one attached hydrogen (secondary N) is 1. The Hall–Kier alpha value is -5.37. The molecule has 0 saturated heterocycles. The molecule has 2 heterocycles. The van der Waals surface area contributed by atoms with E-state index in [2.05, 4.69) is 27.2 Å². The molecule has 0 saturated carbocycles. The smallest absolute Gasteiger partial charge is 0.307 e. The van der Waals surface area contributed by atoms with E-state index in [9.17, 15) is 14.9 Å². The van der Waals surface area contributed by atoms with Crippen molar-refractivity contribution < 1.29 is 23.6 Å². The van der Waals surface area contributed by atoms with Gasteiger partial charge in [-0.3, -0.25) is 14.9 Å². The fourth-order valence-corrected chi connectivity index (χ4v) is 3.71. The molecule has 11 nitrogen and oxygen atoms in total. The summed E-state index contributed by atoms with van der Waals surface area (Å²) < 4.78 is 18.7. The van der Waals surface area contributed by atoms with Crippen LogP contribution >= 0.6 is 0 Å². The lowest BCUT2D eigenvalue weighted by atomic mass is 10.2. The van der Waals surface area contributed by atoms with Crippen LogP contribution in [0.25, 0.3) is 5.69 Å². The number of aryl methyl sites for hydroxylation is 2. The highest BCUT2D eigenvalue weighted by molar-refractivity contribution is 5.93. The zero-order chi connectivity index (χ0) is 27.1. The van der Waals surface area contributed by atoms with Gasteiger partial charge in [-0.25, -0.2) is 5.43 Å². The molecule has 2 aromatic heterocycles. The van der Waals surface area contributed by atoms with Gasteiger partial charge >= 0.3 is 5.91 Å². The Morgan fingerprint density at radius 3 is 2.53 bits per heavy atom. The molecule has 1 N–H and O–H groups in total. The zero-order valence-electron chi connectivity index (χ0n) is 20.6. The van der Waals surface area contributed by atoms with Crippen LogP contribution in [0, 0.1) is 35.3 Å². The van der Waals surface area contributed by atoms with Gasteiger partial charge in [0.25, 0.3) is 5.69 Å². The second-order valence-electron chi connectivity index (χ2n) is 8.13. The van der Waals surface area contributed by atoms with Gasteiger partial charge in [-0.05, 0) is 68.4 Å². The van der Waals surface area contributed by atoms with Gasteiger partial charge in [-0.1, -0.05) is 0 Å². The third-order valence-corrected chi connectivity index (χ3v) is 5.50. The summed E-state index contributed by atoms with van der Waals surface area (Å²) >= 11 is 0. The quantitative estimate of drug-likeness (QED) is 0.181. The van der Waals surface area contributed by atoms with Crippen molar-refractivity contribution in [3.05, 3.63) is 105 Å². The molecule has 2 aromatic carbocycles. The first-order valence-electron chi connectivity index (χ1n) is 11.4. The van der Waals surface area contributed by atoms with Crippen molar-refractivity contribution in [3.63, 3.8) is 0 Å². The van der Waals surface area contributed by atoms with Crippen molar-refractivity contribution in [1.29, 1.82) is 5.26 Å². The van der Waals surface area contributed by atoms with Gasteiger partial charge in [0.2, 0.25) is 0 Å². The lowest BCUT2D eigenvalue weighted by Gasteiger charge is -2.10. The molecule has 38 heavy (non-hydrogen) atoms. The van der Waals surface area contributed by atoms with Crippen molar-refractivity contribution >= 4 is 17.8 Å². The predicted octanol–water partition coefficient (Wildman–Crippen LogP) is 4.84. The van der Waals surface area contributed by atoms with E-state index in [0.717, 1.165) is 17.1 Å². The lowest BCUT2D eigenvalue weighted by molar-refractivity contribution is -0.384. The van der Waals surface area contributed by atoms with Gasteiger partial charge < -0.3 is 18.5 Å². The number of carbonyl (C=O) groups excluding carboxylic acids is 1. The second-order valence-corrected chi connectivity index (χ2v) is 8.13. The Kier molecular flexibility index (Phi) is 7.83. The highest BCUT2D eigenvalue weighted by Gasteiger charge is 2.13. The van der Waals surface area contributed by atoms with Crippen molar-refractivity contribution in [2.45, 2.75) is 20.5 Å². The molecule has 0 aliphatic carbocycles. The zero-order valence-corrected chi connectivity index (χ0v) is 20.6. The number of furan rings is 1. The number of nitro benzene ring substituents is 1. The van der Waals surface area contributed by atoms with E-state index in [0.29, 0.717) is 11.5 Å². The minimum absolute atomic E-state index is 0.00894. The molecule has 0 fully saturated rings. The second kappa shape index (κ2) is 11.6. The summed E-state index contributed by atoms with van der Waals surface area (Å²) in [5.74, 6) is 0.675. The summed E-state index contributed by atoms with van der Waals surface area (Å²) in [6, 6.07) is 20.5. The highest BCUT2D eigenvalue weighted by Crippen LogP contribution is 2.23. The number of benzene rings is 2. The number of nitriles is 1. The average molecular weight is 514 g/mol. The van der Waals surface area contributed by atoms with Crippen LogP contribution in [0.3, 0.4) is 0 Å². The average Bonchev–Trinajstić information content (AvgIpc) is 3.53. The number of ether oxygens (including phenoxy) is 2. The van der Waals surface area contributed by atoms with Crippen LogP contribution in [0.5, 0.6) is 11.5 Å². The molecule has 4 rings (SSSR count). The van der Waals surface area contributed by atoms with Gasteiger partial charge in [0.05, 0.1) is 11.1 Å². The number of non-ortho nitro benzene ring substituents is 1. The number of rotatable bonds is 10. The molecule has 0 atom stereocenters. The molecule has 0 spiro atoms. The van der Waals surface area contributed by atoms with Gasteiger partial charge in [-0.15, -0.1) is 0 Å². The van der Waals surface area contributed by atoms with E-state index < -0.39 is 10.8 Å². The van der Waals surface area contributed by atoms with Crippen molar-refractivity contribution in [1.82, 2.24) is 9.99 Å². The number of amides is 1. The Labute approximate surface area is 217 Å². The molecule has 1 amide bonds. The summed E-state index contributed by atoms with van der Waals surface area (Å²) in [6.45, 7) is 3.96. The molecule has 0 aliphatic heterocycles. The first-order valence-corrected chi connectivity index (χ1v) is 11.4. The van der Waals surface area contributed by atoms with E-state index in [1.165, 1.54) is 30.5 Å². The van der Waals surface area contributed by atoms with Crippen LogP contribution in [0.1, 0.15) is 33.3 Å². The molecule has 11 heteroatoms. The predicted molar refractivity (Wildman–Crippen MR) is 138 cm³/mol. The van der Waals surface area contributed by atoms with Crippen LogP contribution in [-0.4, -0.2) is 28.2 Å². The first-order chi connectivity index (χ1) is 18.4. The molecule has 4 aromatic rings. The third-order valence-electron chi connectivity index (χ3n) is 5.50. The van der Waals surface area contributed by atoms with E-state index in [1.807, 2.05) is 44.2 Å². The Morgan fingerprint density at radius 1 is 1.11 bits per heavy atom. The van der Waals surface area contributed by atoms with Crippen LogP contribution < -0.4 is 14.9 Å². The maximum atomic E-state index is 12.4. The number of nitrogens with zero attached hydrogens (tertiary/aromatic N) is 4. The molecular weight excluding hydrogens is 490 g/mol. The Morgan fingerprint density at radius 2 is 1.84 bits per heavy atom. The highest BCUT2D eigenvalue weighted by atomic mass is 16.6. The topological polar surface area (TPSA) is 145 Å². The van der Waals surface area contributed by atoms with E-state index >= 15 is 0 Å². The maximum absolute atomic E-state index is 12.4. The van der Waals surface area contributed by atoms with Crippen molar-refractivity contribution in [2.24, 2.45) is 5.10 Å².